The number of pyridine rings is 1. The highest BCUT2D eigenvalue weighted by Crippen LogP contribution is 2.39. The van der Waals surface area contributed by atoms with Gasteiger partial charge in [-0.05, 0) is 26.2 Å². The van der Waals surface area contributed by atoms with Crippen molar-refractivity contribution in [3.63, 3.8) is 0 Å². The molecule has 0 aromatic carbocycles. The summed E-state index contributed by atoms with van der Waals surface area (Å²) in [5.41, 5.74) is 4.04. The van der Waals surface area contributed by atoms with Crippen LogP contribution >= 0.6 is 21.6 Å². The highest BCUT2D eigenvalue weighted by Gasteiger charge is 2.16. The Morgan fingerprint density at radius 3 is 3.04 bits per heavy atom. The number of aromatic nitrogens is 1. The fourth-order valence-corrected chi connectivity index (χ4v) is 5.49. The number of rotatable bonds is 9. The van der Waals surface area contributed by atoms with Gasteiger partial charge in [0.15, 0.2) is 0 Å². The number of aliphatic hydroxyl groups excluding tert-OH is 1. The SMILES string of the molecule is Cc1ncc(CO)c(CNOC(=O)CCCC[C@@H]2CCSS2)c1O. The third-order valence-electron chi connectivity index (χ3n) is 3.92. The summed E-state index contributed by atoms with van der Waals surface area (Å²) in [6, 6.07) is 0. The molecule has 24 heavy (non-hydrogen) atoms. The van der Waals surface area contributed by atoms with E-state index in [0.29, 0.717) is 23.2 Å². The van der Waals surface area contributed by atoms with Gasteiger partial charge in [0, 0.05) is 34.7 Å². The van der Waals surface area contributed by atoms with Crippen LogP contribution in [0.3, 0.4) is 0 Å². The molecule has 0 spiro atoms. The molecule has 0 saturated carbocycles. The van der Waals surface area contributed by atoms with E-state index in [1.165, 1.54) is 18.4 Å². The molecule has 1 aliphatic heterocycles. The number of aliphatic hydroxyl groups is 1. The van der Waals surface area contributed by atoms with Gasteiger partial charge in [-0.3, -0.25) is 9.78 Å². The van der Waals surface area contributed by atoms with Crippen LogP contribution < -0.4 is 5.48 Å². The van der Waals surface area contributed by atoms with Crippen LogP contribution in [-0.2, 0) is 22.8 Å². The van der Waals surface area contributed by atoms with Crippen molar-refractivity contribution < 1.29 is 19.8 Å². The number of aryl methyl sites for hydroxylation is 1. The van der Waals surface area contributed by atoms with Crippen molar-refractivity contribution in [2.45, 2.75) is 57.4 Å². The number of unbranched alkanes of at least 4 members (excludes halogenated alkanes) is 1. The van der Waals surface area contributed by atoms with Crippen LogP contribution in [0, 0.1) is 6.92 Å². The van der Waals surface area contributed by atoms with E-state index in [-0.39, 0.29) is 24.9 Å². The topological polar surface area (TPSA) is 91.7 Å². The molecule has 3 N–H and O–H groups in total. The molecule has 0 unspecified atom stereocenters. The normalized spacial score (nSPS) is 17.2. The Bertz CT molecular complexity index is 551. The summed E-state index contributed by atoms with van der Waals surface area (Å²) in [5.74, 6) is 0.939. The fraction of sp³-hybridized carbons (Fsp3) is 0.625. The number of nitrogens with zero attached hydrogens (tertiary/aromatic N) is 1. The lowest BCUT2D eigenvalue weighted by atomic mass is 10.1. The standard InChI is InChI=1S/C16H24N2O4S2/c1-11-16(21)14(12(10-19)8-17-11)9-18-22-15(20)5-3-2-4-13-6-7-23-24-13/h8,13,18-19,21H,2-7,9-10H2,1H3/t13-/m1/s1. The molecule has 6 nitrogen and oxygen atoms in total. The summed E-state index contributed by atoms with van der Waals surface area (Å²) in [6.07, 6.45) is 6.17. The van der Waals surface area contributed by atoms with Crippen molar-refractivity contribution in [3.8, 4) is 5.75 Å². The molecular weight excluding hydrogens is 348 g/mol. The number of carbonyl (C=O) groups is 1. The van der Waals surface area contributed by atoms with Gasteiger partial charge in [-0.1, -0.05) is 28.0 Å². The first-order valence-electron chi connectivity index (χ1n) is 8.09. The molecule has 1 aromatic rings. The predicted molar refractivity (Wildman–Crippen MR) is 96.4 cm³/mol. The quantitative estimate of drug-likeness (QED) is 0.346. The molecule has 0 aliphatic carbocycles. The Morgan fingerprint density at radius 1 is 1.50 bits per heavy atom. The molecule has 2 rings (SSSR count). The van der Waals surface area contributed by atoms with Crippen LogP contribution in [0.5, 0.6) is 5.75 Å². The van der Waals surface area contributed by atoms with Crippen molar-refractivity contribution in [1.82, 2.24) is 10.5 Å². The summed E-state index contributed by atoms with van der Waals surface area (Å²) >= 11 is 0. The van der Waals surface area contributed by atoms with E-state index in [0.717, 1.165) is 24.5 Å². The minimum absolute atomic E-state index is 0.0111. The van der Waals surface area contributed by atoms with E-state index in [1.807, 2.05) is 21.6 Å². The monoisotopic (exact) mass is 372 g/mol. The first-order valence-corrected chi connectivity index (χ1v) is 10.5. The van der Waals surface area contributed by atoms with Crippen LogP contribution in [-0.4, -0.2) is 32.2 Å². The van der Waals surface area contributed by atoms with E-state index >= 15 is 0 Å². The molecule has 0 radical (unpaired) electrons. The van der Waals surface area contributed by atoms with Crippen LogP contribution in [0.4, 0.5) is 0 Å². The molecule has 8 heteroatoms. The highest BCUT2D eigenvalue weighted by molar-refractivity contribution is 8.77. The van der Waals surface area contributed by atoms with Crippen molar-refractivity contribution >= 4 is 27.6 Å². The predicted octanol–water partition coefficient (Wildman–Crippen LogP) is 2.85. The van der Waals surface area contributed by atoms with Gasteiger partial charge in [0.1, 0.15) is 5.75 Å². The van der Waals surface area contributed by atoms with Gasteiger partial charge in [0.25, 0.3) is 0 Å². The van der Waals surface area contributed by atoms with E-state index < -0.39 is 0 Å². The Labute approximate surface area is 150 Å². The molecule has 0 bridgehead atoms. The average molecular weight is 373 g/mol. The maximum atomic E-state index is 11.7. The number of carbonyl (C=O) groups excluding carboxylic acids is 1. The third-order valence-corrected chi connectivity index (χ3v) is 6.93. The Kier molecular flexibility index (Phi) is 8.17. The first-order chi connectivity index (χ1) is 11.6. The number of hydroxylamine groups is 1. The van der Waals surface area contributed by atoms with Crippen molar-refractivity contribution in [2.75, 3.05) is 5.75 Å². The van der Waals surface area contributed by atoms with Gasteiger partial charge in [-0.25, -0.2) is 0 Å². The lowest BCUT2D eigenvalue weighted by molar-refractivity contribution is -0.151. The second-order valence-electron chi connectivity index (χ2n) is 5.72. The molecule has 0 amide bonds. The second kappa shape index (κ2) is 10.1. The van der Waals surface area contributed by atoms with Crippen LogP contribution in [0.25, 0.3) is 0 Å². The highest BCUT2D eigenvalue weighted by atomic mass is 33.1. The molecule has 134 valence electrons. The van der Waals surface area contributed by atoms with Gasteiger partial charge in [-0.2, -0.15) is 0 Å². The Balaban J connectivity index is 1.66. The van der Waals surface area contributed by atoms with Crippen molar-refractivity contribution in [1.29, 1.82) is 0 Å². The maximum absolute atomic E-state index is 11.7. The lowest BCUT2D eigenvalue weighted by Gasteiger charge is -2.12. The Hall–Kier alpha value is -0.960. The molecule has 2 heterocycles. The van der Waals surface area contributed by atoms with E-state index in [4.69, 9.17) is 4.84 Å². The van der Waals surface area contributed by atoms with Gasteiger partial charge in [0.2, 0.25) is 0 Å². The molecule has 1 saturated heterocycles. The van der Waals surface area contributed by atoms with E-state index in [9.17, 15) is 15.0 Å². The van der Waals surface area contributed by atoms with Crippen LogP contribution in [0.2, 0.25) is 0 Å². The summed E-state index contributed by atoms with van der Waals surface area (Å²) in [4.78, 5) is 20.7. The Morgan fingerprint density at radius 2 is 2.33 bits per heavy atom. The van der Waals surface area contributed by atoms with E-state index in [2.05, 4.69) is 10.5 Å². The van der Waals surface area contributed by atoms with Gasteiger partial charge in [-0.15, -0.1) is 5.48 Å². The minimum Gasteiger partial charge on any atom is -0.506 e. The molecule has 1 fully saturated rings. The van der Waals surface area contributed by atoms with E-state index in [1.54, 1.807) is 6.92 Å². The number of hydrogen-bond acceptors (Lipinski definition) is 8. The van der Waals surface area contributed by atoms with Crippen LogP contribution in [0.1, 0.15) is 48.9 Å². The lowest BCUT2D eigenvalue weighted by Crippen LogP contribution is -2.20. The number of nitrogens with one attached hydrogen (secondary N) is 1. The minimum atomic E-state index is -0.306. The van der Waals surface area contributed by atoms with Crippen LogP contribution in [0.15, 0.2) is 6.20 Å². The zero-order valence-corrected chi connectivity index (χ0v) is 15.4. The maximum Gasteiger partial charge on any atom is 0.324 e. The van der Waals surface area contributed by atoms with Gasteiger partial charge in [0.05, 0.1) is 18.8 Å². The summed E-state index contributed by atoms with van der Waals surface area (Å²) in [5, 5.41) is 20.0. The fourth-order valence-electron chi connectivity index (χ4n) is 2.46. The molecule has 1 aromatic heterocycles. The summed E-state index contributed by atoms with van der Waals surface area (Å²) in [7, 11) is 3.89. The smallest absolute Gasteiger partial charge is 0.324 e. The molecular formula is C16H24N2O4S2. The molecule has 1 atom stereocenters. The van der Waals surface area contributed by atoms with Gasteiger partial charge < -0.3 is 15.1 Å². The number of hydrogen-bond donors (Lipinski definition) is 3. The zero-order valence-electron chi connectivity index (χ0n) is 13.8. The molecule has 1 aliphatic rings. The van der Waals surface area contributed by atoms with Gasteiger partial charge >= 0.3 is 5.97 Å². The van der Waals surface area contributed by atoms with Crippen molar-refractivity contribution in [3.05, 3.63) is 23.0 Å². The van der Waals surface area contributed by atoms with Crippen molar-refractivity contribution in [2.24, 2.45) is 0 Å². The summed E-state index contributed by atoms with van der Waals surface area (Å²) in [6.45, 7) is 1.57. The second-order valence-corrected chi connectivity index (χ2v) is 8.51. The summed E-state index contributed by atoms with van der Waals surface area (Å²) < 4.78 is 0. The first kappa shape index (κ1) is 19.4. The number of aromatic hydroxyl groups is 1. The largest absolute Gasteiger partial charge is 0.506 e. The average Bonchev–Trinajstić information content (AvgIpc) is 3.09. The zero-order chi connectivity index (χ0) is 17.4. The third kappa shape index (κ3) is 5.84.